The number of para-hydroxylation sites is 1. The van der Waals surface area contributed by atoms with E-state index in [1.807, 2.05) is 23.1 Å². The van der Waals surface area contributed by atoms with Gasteiger partial charge in [-0.3, -0.25) is 9.69 Å². The molecule has 2 saturated heterocycles. The van der Waals surface area contributed by atoms with Gasteiger partial charge in [-0.15, -0.1) is 0 Å². The molecule has 2 fully saturated rings. The molecule has 4 rings (SSSR count). The van der Waals surface area contributed by atoms with Crippen LogP contribution in [0.2, 0.25) is 0 Å². The molecule has 0 aliphatic carbocycles. The van der Waals surface area contributed by atoms with Crippen LogP contribution in [0.5, 0.6) is 0 Å². The van der Waals surface area contributed by atoms with Gasteiger partial charge in [0, 0.05) is 31.2 Å². The molecule has 2 atom stereocenters. The Bertz CT molecular complexity index is 762. The van der Waals surface area contributed by atoms with Crippen LogP contribution in [-0.4, -0.2) is 49.9 Å². The lowest BCUT2D eigenvalue weighted by Gasteiger charge is -2.29. The molecule has 3 aliphatic rings. The standard InChI is InChI=1S/C19H26N2O3S/c22-19(11-15-5-4-10-25(23,24)14-15)21-13-17-7-3-9-20(17)12-16-6-1-2-8-18(16)21/h1-2,6,8,15,17H,3-5,7,9-14H2. The van der Waals surface area contributed by atoms with E-state index in [2.05, 4.69) is 11.0 Å². The molecule has 3 heterocycles. The second-order valence-corrected chi connectivity index (χ2v) is 9.96. The summed E-state index contributed by atoms with van der Waals surface area (Å²) in [4.78, 5) is 17.5. The fourth-order valence-electron chi connectivity index (χ4n) is 4.62. The Hall–Kier alpha value is -1.40. The highest BCUT2D eigenvalue weighted by Crippen LogP contribution is 2.33. The number of carbonyl (C=O) groups is 1. The van der Waals surface area contributed by atoms with Crippen molar-refractivity contribution in [2.75, 3.05) is 29.5 Å². The highest BCUT2D eigenvalue weighted by atomic mass is 32.2. The van der Waals surface area contributed by atoms with Crippen LogP contribution in [0.3, 0.4) is 0 Å². The fraction of sp³-hybridized carbons (Fsp3) is 0.632. The van der Waals surface area contributed by atoms with E-state index in [1.165, 1.54) is 12.0 Å². The summed E-state index contributed by atoms with van der Waals surface area (Å²) in [5.41, 5.74) is 2.22. The van der Waals surface area contributed by atoms with Crippen molar-refractivity contribution in [1.29, 1.82) is 0 Å². The molecule has 25 heavy (non-hydrogen) atoms. The maximum absolute atomic E-state index is 13.1. The number of rotatable bonds is 2. The monoisotopic (exact) mass is 362 g/mol. The van der Waals surface area contributed by atoms with Crippen molar-refractivity contribution in [2.45, 2.75) is 44.7 Å². The average molecular weight is 362 g/mol. The summed E-state index contributed by atoms with van der Waals surface area (Å²) in [6.07, 6.45) is 4.20. The molecular formula is C19H26N2O3S. The fourth-order valence-corrected chi connectivity index (χ4v) is 6.39. The minimum absolute atomic E-state index is 0.0265. The molecule has 0 bridgehead atoms. The molecule has 0 saturated carbocycles. The molecule has 1 aromatic rings. The molecule has 0 radical (unpaired) electrons. The highest BCUT2D eigenvalue weighted by molar-refractivity contribution is 7.91. The molecule has 1 aromatic carbocycles. The van der Waals surface area contributed by atoms with Crippen molar-refractivity contribution in [3.05, 3.63) is 29.8 Å². The third kappa shape index (κ3) is 3.60. The smallest absolute Gasteiger partial charge is 0.227 e. The number of amides is 1. The molecule has 136 valence electrons. The van der Waals surface area contributed by atoms with Crippen molar-refractivity contribution in [3.8, 4) is 0 Å². The molecular weight excluding hydrogens is 336 g/mol. The highest BCUT2D eigenvalue weighted by Gasteiger charge is 2.35. The van der Waals surface area contributed by atoms with Crippen molar-refractivity contribution < 1.29 is 13.2 Å². The second kappa shape index (κ2) is 6.72. The zero-order chi connectivity index (χ0) is 17.4. The van der Waals surface area contributed by atoms with E-state index >= 15 is 0 Å². The topological polar surface area (TPSA) is 57.7 Å². The normalized spacial score (nSPS) is 28.9. The third-order valence-corrected chi connectivity index (χ3v) is 7.76. The van der Waals surface area contributed by atoms with Crippen molar-refractivity contribution in [1.82, 2.24) is 4.90 Å². The third-order valence-electron chi connectivity index (χ3n) is 5.87. The van der Waals surface area contributed by atoms with Crippen LogP contribution >= 0.6 is 0 Å². The SMILES string of the molecule is O=C(CC1CCCS(=O)(=O)C1)N1CC2CCCN2Cc2ccccc21. The van der Waals surface area contributed by atoms with Crippen LogP contribution in [0.1, 0.15) is 37.7 Å². The number of fused-ring (bicyclic) bond motifs is 2. The summed E-state index contributed by atoms with van der Waals surface area (Å²) >= 11 is 0. The van der Waals surface area contributed by atoms with Gasteiger partial charge < -0.3 is 4.90 Å². The molecule has 0 spiro atoms. The van der Waals surface area contributed by atoms with Gasteiger partial charge in [0.25, 0.3) is 0 Å². The maximum atomic E-state index is 13.1. The summed E-state index contributed by atoms with van der Waals surface area (Å²) in [6, 6.07) is 8.59. The Morgan fingerprint density at radius 3 is 2.84 bits per heavy atom. The van der Waals surface area contributed by atoms with Crippen LogP contribution in [0.15, 0.2) is 24.3 Å². The van der Waals surface area contributed by atoms with Crippen LogP contribution in [-0.2, 0) is 21.2 Å². The zero-order valence-electron chi connectivity index (χ0n) is 14.6. The van der Waals surface area contributed by atoms with E-state index in [-0.39, 0.29) is 23.3 Å². The summed E-state index contributed by atoms with van der Waals surface area (Å²) in [6.45, 7) is 2.74. The first kappa shape index (κ1) is 17.0. The zero-order valence-corrected chi connectivity index (χ0v) is 15.4. The van der Waals surface area contributed by atoms with E-state index in [0.29, 0.717) is 18.9 Å². The number of anilines is 1. The quantitative estimate of drug-likeness (QED) is 0.809. The number of hydrogen-bond donors (Lipinski definition) is 0. The van der Waals surface area contributed by atoms with Crippen molar-refractivity contribution >= 4 is 21.4 Å². The first-order chi connectivity index (χ1) is 12.0. The molecule has 3 aliphatic heterocycles. The Kier molecular flexibility index (Phi) is 4.58. The van der Waals surface area contributed by atoms with E-state index in [4.69, 9.17) is 0 Å². The minimum Gasteiger partial charge on any atom is -0.311 e. The molecule has 5 nitrogen and oxygen atoms in total. The van der Waals surface area contributed by atoms with Gasteiger partial charge in [-0.05, 0) is 49.8 Å². The van der Waals surface area contributed by atoms with Gasteiger partial charge in [0.15, 0.2) is 9.84 Å². The lowest BCUT2D eigenvalue weighted by atomic mass is 10.00. The van der Waals surface area contributed by atoms with Gasteiger partial charge >= 0.3 is 0 Å². The average Bonchev–Trinajstić information content (AvgIpc) is 2.93. The van der Waals surface area contributed by atoms with Gasteiger partial charge in [-0.1, -0.05) is 18.2 Å². The van der Waals surface area contributed by atoms with E-state index in [9.17, 15) is 13.2 Å². The molecule has 0 aromatic heterocycles. The first-order valence-electron chi connectivity index (χ1n) is 9.34. The van der Waals surface area contributed by atoms with Gasteiger partial charge in [0.1, 0.15) is 0 Å². The number of nitrogens with zero attached hydrogens (tertiary/aromatic N) is 2. The lowest BCUT2D eigenvalue weighted by molar-refractivity contribution is -0.119. The van der Waals surface area contributed by atoms with Crippen molar-refractivity contribution in [3.63, 3.8) is 0 Å². The minimum atomic E-state index is -2.97. The van der Waals surface area contributed by atoms with E-state index in [1.54, 1.807) is 0 Å². The van der Waals surface area contributed by atoms with E-state index in [0.717, 1.165) is 38.2 Å². The first-order valence-corrected chi connectivity index (χ1v) is 11.2. The van der Waals surface area contributed by atoms with Gasteiger partial charge in [-0.2, -0.15) is 0 Å². The Balaban J connectivity index is 1.56. The summed E-state index contributed by atoms with van der Waals surface area (Å²) in [5.74, 6) is 0.509. The molecule has 0 N–H and O–H groups in total. The second-order valence-electron chi connectivity index (χ2n) is 7.73. The number of hydrogen-bond acceptors (Lipinski definition) is 4. The van der Waals surface area contributed by atoms with Crippen LogP contribution in [0, 0.1) is 5.92 Å². The van der Waals surface area contributed by atoms with Crippen LogP contribution in [0.4, 0.5) is 5.69 Å². The van der Waals surface area contributed by atoms with Crippen LogP contribution in [0.25, 0.3) is 0 Å². The summed E-state index contributed by atoms with van der Waals surface area (Å²) < 4.78 is 23.8. The molecule has 2 unspecified atom stereocenters. The van der Waals surface area contributed by atoms with E-state index < -0.39 is 9.84 Å². The molecule has 6 heteroatoms. The Labute approximate surface area is 149 Å². The number of sulfone groups is 1. The van der Waals surface area contributed by atoms with Gasteiger partial charge in [-0.25, -0.2) is 8.42 Å². The largest absolute Gasteiger partial charge is 0.311 e. The summed E-state index contributed by atoms with van der Waals surface area (Å²) in [7, 11) is -2.97. The van der Waals surface area contributed by atoms with Crippen molar-refractivity contribution in [2.24, 2.45) is 5.92 Å². The number of benzene rings is 1. The number of carbonyl (C=O) groups excluding carboxylic acids is 1. The molecule has 1 amide bonds. The maximum Gasteiger partial charge on any atom is 0.227 e. The van der Waals surface area contributed by atoms with Gasteiger partial charge in [0.2, 0.25) is 5.91 Å². The van der Waals surface area contributed by atoms with Gasteiger partial charge in [0.05, 0.1) is 11.5 Å². The lowest BCUT2D eigenvalue weighted by Crippen LogP contribution is -2.41. The van der Waals surface area contributed by atoms with Crippen LogP contribution < -0.4 is 4.90 Å². The Morgan fingerprint density at radius 1 is 1.16 bits per heavy atom. The Morgan fingerprint density at radius 2 is 2.00 bits per heavy atom. The predicted molar refractivity (Wildman–Crippen MR) is 98.2 cm³/mol. The summed E-state index contributed by atoms with van der Waals surface area (Å²) in [5, 5.41) is 0. The predicted octanol–water partition coefficient (Wildman–Crippen LogP) is 2.21.